The number of carbonyl (C=O) groups is 1. The number of anilines is 2. The van der Waals surface area contributed by atoms with Crippen LogP contribution in [0.1, 0.15) is 12.6 Å². The summed E-state index contributed by atoms with van der Waals surface area (Å²) in [7, 11) is -3.94. The van der Waals surface area contributed by atoms with Crippen LogP contribution in [0.2, 0.25) is 0 Å². The summed E-state index contributed by atoms with van der Waals surface area (Å²) >= 11 is 0. The number of hydrogen-bond donors (Lipinski definition) is 3. The minimum atomic E-state index is -4.52. The van der Waals surface area contributed by atoms with Crippen LogP contribution in [-0.4, -0.2) is 19.3 Å². The summed E-state index contributed by atoms with van der Waals surface area (Å²) < 4.78 is 65.5. The Morgan fingerprint density at radius 1 is 1.00 bits per heavy atom. The molecule has 0 atom stereocenters. The predicted octanol–water partition coefficient (Wildman–Crippen LogP) is 3.95. The first-order valence-electron chi connectivity index (χ1n) is 7.65. The maximum absolute atomic E-state index is 12.8. The molecule has 0 aliphatic rings. The number of aromatic nitrogens is 1. The van der Waals surface area contributed by atoms with Gasteiger partial charge in [-0.25, -0.2) is 8.42 Å². The summed E-state index contributed by atoms with van der Waals surface area (Å²) in [5, 5.41) is 2.74. The molecule has 0 saturated heterocycles. The second kappa shape index (κ2) is 6.62. The van der Waals surface area contributed by atoms with Crippen molar-refractivity contribution in [2.24, 2.45) is 0 Å². The van der Waals surface area contributed by atoms with Gasteiger partial charge in [-0.3, -0.25) is 9.52 Å². The second-order valence-electron chi connectivity index (χ2n) is 5.79. The Labute approximate surface area is 152 Å². The molecule has 3 aromatic rings. The predicted molar refractivity (Wildman–Crippen MR) is 94.9 cm³/mol. The van der Waals surface area contributed by atoms with Crippen LogP contribution in [0.5, 0.6) is 0 Å². The first kappa shape index (κ1) is 18.8. The third kappa shape index (κ3) is 4.22. The lowest BCUT2D eigenvalue weighted by molar-refractivity contribution is -0.140. The van der Waals surface area contributed by atoms with Crippen molar-refractivity contribution in [3.8, 4) is 0 Å². The average Bonchev–Trinajstić information content (AvgIpc) is 2.98. The SMILES string of the molecule is CC(=O)Nc1ccc(S(=O)(=O)Nc2ccc3[nH]c(C(F)(F)F)cc3c2)cc1. The van der Waals surface area contributed by atoms with Crippen LogP contribution in [0.15, 0.2) is 53.4 Å². The average molecular weight is 397 g/mol. The quantitative estimate of drug-likeness (QED) is 0.623. The fourth-order valence-electron chi connectivity index (χ4n) is 2.48. The van der Waals surface area contributed by atoms with Gasteiger partial charge in [0.2, 0.25) is 5.91 Å². The minimum absolute atomic E-state index is 0.0539. The Morgan fingerprint density at radius 2 is 1.63 bits per heavy atom. The molecule has 10 heteroatoms. The molecule has 0 radical (unpaired) electrons. The summed E-state index contributed by atoms with van der Waals surface area (Å²) in [5.74, 6) is -0.290. The van der Waals surface area contributed by atoms with Crippen LogP contribution in [0.25, 0.3) is 10.9 Å². The molecule has 0 saturated carbocycles. The van der Waals surface area contributed by atoms with E-state index in [9.17, 15) is 26.4 Å². The van der Waals surface area contributed by atoms with Crippen molar-refractivity contribution in [2.45, 2.75) is 18.0 Å². The van der Waals surface area contributed by atoms with Gasteiger partial charge in [-0.1, -0.05) is 0 Å². The fourth-order valence-corrected chi connectivity index (χ4v) is 3.53. The van der Waals surface area contributed by atoms with E-state index in [1.54, 1.807) is 0 Å². The number of sulfonamides is 1. The van der Waals surface area contributed by atoms with Gasteiger partial charge in [0.15, 0.2) is 0 Å². The van der Waals surface area contributed by atoms with Crippen LogP contribution in [-0.2, 0) is 21.0 Å². The number of alkyl halides is 3. The summed E-state index contributed by atoms with van der Waals surface area (Å²) in [5.41, 5.74) is -0.105. The van der Waals surface area contributed by atoms with E-state index >= 15 is 0 Å². The Balaban J connectivity index is 1.85. The van der Waals surface area contributed by atoms with E-state index in [0.29, 0.717) is 5.69 Å². The first-order chi connectivity index (χ1) is 12.5. The first-order valence-corrected chi connectivity index (χ1v) is 9.13. The number of H-pyrrole nitrogens is 1. The largest absolute Gasteiger partial charge is 0.431 e. The van der Waals surface area contributed by atoms with Gasteiger partial charge in [-0.2, -0.15) is 13.2 Å². The van der Waals surface area contributed by atoms with Gasteiger partial charge in [-0.05, 0) is 48.5 Å². The highest BCUT2D eigenvalue weighted by atomic mass is 32.2. The van der Waals surface area contributed by atoms with Crippen LogP contribution < -0.4 is 10.0 Å². The number of carbonyl (C=O) groups excluding carboxylic acids is 1. The Hall–Kier alpha value is -3.01. The molecule has 0 aliphatic heterocycles. The van der Waals surface area contributed by atoms with Crippen molar-refractivity contribution in [1.29, 1.82) is 0 Å². The lowest BCUT2D eigenvalue weighted by Gasteiger charge is -2.09. The smallest absolute Gasteiger partial charge is 0.351 e. The standard InChI is InChI=1S/C17H14F3N3O3S/c1-10(24)21-12-2-5-14(6-3-12)27(25,26)23-13-4-7-15-11(8-13)9-16(22-15)17(18,19)20/h2-9,22-23H,1H3,(H,21,24). The van der Waals surface area contributed by atoms with E-state index in [0.717, 1.165) is 6.07 Å². The maximum atomic E-state index is 12.8. The summed E-state index contributed by atoms with van der Waals surface area (Å²) in [4.78, 5) is 13.2. The maximum Gasteiger partial charge on any atom is 0.431 e. The molecule has 0 fully saturated rings. The van der Waals surface area contributed by atoms with Gasteiger partial charge in [-0.15, -0.1) is 0 Å². The van der Waals surface area contributed by atoms with Gasteiger partial charge >= 0.3 is 6.18 Å². The van der Waals surface area contributed by atoms with E-state index < -0.39 is 21.9 Å². The number of amides is 1. The molecule has 0 aliphatic carbocycles. The van der Waals surface area contributed by atoms with Crippen LogP contribution >= 0.6 is 0 Å². The van der Waals surface area contributed by atoms with Crippen LogP contribution in [0.3, 0.4) is 0 Å². The molecule has 3 N–H and O–H groups in total. The molecule has 6 nitrogen and oxygen atoms in total. The molecular formula is C17H14F3N3O3S. The molecule has 1 aromatic heterocycles. The zero-order chi connectivity index (χ0) is 19.8. The molecule has 1 amide bonds. The molecule has 2 aromatic carbocycles. The van der Waals surface area contributed by atoms with E-state index in [1.165, 1.54) is 49.4 Å². The van der Waals surface area contributed by atoms with Crippen molar-refractivity contribution >= 4 is 38.2 Å². The number of hydrogen-bond acceptors (Lipinski definition) is 3. The molecule has 142 valence electrons. The molecular weight excluding hydrogens is 383 g/mol. The molecule has 1 heterocycles. The van der Waals surface area contributed by atoms with Gasteiger partial charge < -0.3 is 10.3 Å². The Kier molecular flexibility index (Phi) is 4.60. The number of nitrogens with one attached hydrogen (secondary N) is 3. The van der Waals surface area contributed by atoms with E-state index in [1.807, 2.05) is 0 Å². The van der Waals surface area contributed by atoms with Crippen LogP contribution in [0.4, 0.5) is 24.5 Å². The van der Waals surface area contributed by atoms with Crippen molar-refractivity contribution < 1.29 is 26.4 Å². The lowest BCUT2D eigenvalue weighted by atomic mass is 10.2. The summed E-state index contributed by atoms with van der Waals surface area (Å²) in [6.07, 6.45) is -4.52. The van der Waals surface area contributed by atoms with Crippen molar-refractivity contribution in [1.82, 2.24) is 4.98 Å². The second-order valence-corrected chi connectivity index (χ2v) is 7.48. The highest BCUT2D eigenvalue weighted by molar-refractivity contribution is 7.92. The van der Waals surface area contributed by atoms with E-state index in [-0.39, 0.29) is 27.4 Å². The monoisotopic (exact) mass is 397 g/mol. The summed E-state index contributed by atoms with van der Waals surface area (Å²) in [6.45, 7) is 1.33. The van der Waals surface area contributed by atoms with Gasteiger partial charge in [0.05, 0.1) is 4.90 Å². The lowest BCUT2D eigenvalue weighted by Crippen LogP contribution is -2.13. The van der Waals surface area contributed by atoms with Crippen molar-refractivity contribution in [2.75, 3.05) is 10.0 Å². The van der Waals surface area contributed by atoms with Crippen molar-refractivity contribution in [3.05, 3.63) is 54.2 Å². The van der Waals surface area contributed by atoms with Gasteiger partial charge in [0.25, 0.3) is 10.0 Å². The topological polar surface area (TPSA) is 91.1 Å². The Morgan fingerprint density at radius 3 is 2.22 bits per heavy atom. The number of halogens is 3. The van der Waals surface area contributed by atoms with Crippen molar-refractivity contribution in [3.63, 3.8) is 0 Å². The minimum Gasteiger partial charge on any atom is -0.351 e. The fraction of sp³-hybridized carbons (Fsp3) is 0.118. The summed E-state index contributed by atoms with van der Waals surface area (Å²) in [6, 6.07) is 10.4. The normalized spacial score (nSPS) is 12.1. The van der Waals surface area contributed by atoms with Crippen LogP contribution in [0, 0.1) is 0 Å². The molecule has 0 bridgehead atoms. The molecule has 0 spiro atoms. The zero-order valence-corrected chi connectivity index (χ0v) is 14.7. The number of rotatable bonds is 4. The highest BCUT2D eigenvalue weighted by Gasteiger charge is 2.32. The number of fused-ring (bicyclic) bond motifs is 1. The highest BCUT2D eigenvalue weighted by Crippen LogP contribution is 2.32. The van der Waals surface area contributed by atoms with Gasteiger partial charge in [0, 0.05) is 29.2 Å². The molecule has 3 rings (SSSR count). The number of benzene rings is 2. The zero-order valence-electron chi connectivity index (χ0n) is 13.9. The third-order valence-corrected chi connectivity index (χ3v) is 5.06. The van der Waals surface area contributed by atoms with E-state index in [4.69, 9.17) is 0 Å². The third-order valence-electron chi connectivity index (χ3n) is 3.66. The molecule has 27 heavy (non-hydrogen) atoms. The number of aromatic amines is 1. The van der Waals surface area contributed by atoms with Gasteiger partial charge in [0.1, 0.15) is 5.69 Å². The molecule has 0 unspecified atom stereocenters. The van der Waals surface area contributed by atoms with E-state index in [2.05, 4.69) is 15.0 Å². The Bertz CT molecular complexity index is 1100.